The van der Waals surface area contributed by atoms with Crippen molar-refractivity contribution in [3.8, 4) is 6.07 Å². The molecule has 0 heterocycles. The van der Waals surface area contributed by atoms with E-state index < -0.39 is 50.2 Å². The number of hydrogen-bond donors (Lipinski definition) is 1. The maximum Gasteiger partial charge on any atom is 0.421 e. The number of aliphatic hydroxyl groups is 1. The molecule has 1 aromatic rings. The van der Waals surface area contributed by atoms with Crippen LogP contribution < -0.4 is 0 Å². The molecule has 0 aliphatic carbocycles. The molecular formula is C14H11F6NO3S. The van der Waals surface area contributed by atoms with Crippen LogP contribution in [-0.2, 0) is 16.0 Å². The fraction of sp³-hybridized carbons (Fsp3) is 0.357. The smallest absolute Gasteiger partial charge is 0.376 e. The number of nitrogens with zero attached hydrogens (tertiary/aromatic N) is 1. The second-order valence-electron chi connectivity index (χ2n) is 5.24. The van der Waals surface area contributed by atoms with Crippen LogP contribution in [0.15, 0.2) is 24.3 Å². The molecular weight excluding hydrogens is 376 g/mol. The van der Waals surface area contributed by atoms with Gasteiger partial charge in [0, 0.05) is 6.26 Å². The van der Waals surface area contributed by atoms with Gasteiger partial charge in [0.05, 0.1) is 22.9 Å². The largest absolute Gasteiger partial charge is 0.421 e. The van der Waals surface area contributed by atoms with Crippen molar-refractivity contribution in [2.24, 2.45) is 0 Å². The topological polar surface area (TPSA) is 78.2 Å². The second kappa shape index (κ2) is 6.68. The second-order valence-corrected chi connectivity index (χ2v) is 7.38. The highest BCUT2D eigenvalue weighted by molar-refractivity contribution is 7.90. The van der Waals surface area contributed by atoms with Crippen LogP contribution in [0.1, 0.15) is 16.7 Å². The van der Waals surface area contributed by atoms with Crippen LogP contribution in [0.3, 0.4) is 0 Å². The van der Waals surface area contributed by atoms with E-state index in [0.29, 0.717) is 18.4 Å². The Hall–Kier alpha value is -2.06. The summed E-state index contributed by atoms with van der Waals surface area (Å²) in [6.07, 6.45) is -9.24. The Morgan fingerprint density at radius 2 is 1.76 bits per heavy atom. The molecule has 25 heavy (non-hydrogen) atoms. The lowest BCUT2D eigenvalue weighted by molar-refractivity contribution is -0.230. The van der Waals surface area contributed by atoms with Crippen molar-refractivity contribution in [2.75, 3.05) is 12.0 Å². The average Bonchev–Trinajstić information content (AvgIpc) is 2.41. The van der Waals surface area contributed by atoms with Crippen LogP contribution in [0.25, 0.3) is 6.08 Å². The first-order chi connectivity index (χ1) is 11.1. The van der Waals surface area contributed by atoms with Gasteiger partial charge in [-0.1, -0.05) is 12.1 Å². The molecule has 0 aliphatic heterocycles. The van der Waals surface area contributed by atoms with Crippen molar-refractivity contribution < 1.29 is 39.9 Å². The van der Waals surface area contributed by atoms with E-state index in [1.807, 2.05) is 0 Å². The van der Waals surface area contributed by atoms with E-state index in [1.165, 1.54) is 6.07 Å². The first kappa shape index (κ1) is 21.0. The lowest BCUT2D eigenvalue weighted by Crippen LogP contribution is -2.48. The van der Waals surface area contributed by atoms with Crippen molar-refractivity contribution in [3.05, 3.63) is 41.0 Å². The third-order valence-electron chi connectivity index (χ3n) is 2.99. The maximum atomic E-state index is 12.9. The first-order valence-electron chi connectivity index (χ1n) is 6.36. The summed E-state index contributed by atoms with van der Waals surface area (Å²) in [5.74, 6) is -1.69. The van der Waals surface area contributed by atoms with E-state index in [2.05, 4.69) is 0 Å². The Bertz CT molecular complexity index is 820. The number of rotatable bonds is 4. The first-order valence-corrected chi connectivity index (χ1v) is 8.42. The summed E-state index contributed by atoms with van der Waals surface area (Å²) in [7, 11) is -4.26. The van der Waals surface area contributed by atoms with E-state index in [1.54, 1.807) is 0 Å². The molecule has 138 valence electrons. The quantitative estimate of drug-likeness (QED) is 0.806. The zero-order valence-electron chi connectivity index (χ0n) is 12.5. The van der Waals surface area contributed by atoms with Crippen molar-refractivity contribution in [2.45, 2.75) is 18.0 Å². The molecule has 4 nitrogen and oxygen atoms in total. The lowest BCUT2D eigenvalue weighted by atomic mass is 10.0. The van der Waals surface area contributed by atoms with E-state index in [-0.39, 0.29) is 6.08 Å². The van der Waals surface area contributed by atoms with Crippen LogP contribution in [0, 0.1) is 11.3 Å². The van der Waals surface area contributed by atoms with Crippen molar-refractivity contribution in [1.29, 1.82) is 5.26 Å². The minimum Gasteiger partial charge on any atom is -0.376 e. The predicted octanol–water partition coefficient (Wildman–Crippen LogP) is 2.93. The third kappa shape index (κ3) is 5.47. The zero-order valence-corrected chi connectivity index (χ0v) is 13.3. The Balaban J connectivity index is 3.37. The van der Waals surface area contributed by atoms with Crippen LogP contribution in [-0.4, -0.2) is 37.3 Å². The number of benzene rings is 1. The van der Waals surface area contributed by atoms with Gasteiger partial charge in [0.2, 0.25) is 0 Å². The fourth-order valence-electron chi connectivity index (χ4n) is 1.86. The van der Waals surface area contributed by atoms with Gasteiger partial charge in [-0.2, -0.15) is 31.6 Å². The van der Waals surface area contributed by atoms with E-state index in [0.717, 1.165) is 12.1 Å². The van der Waals surface area contributed by atoms with Gasteiger partial charge in [-0.05, 0) is 23.8 Å². The van der Waals surface area contributed by atoms with Crippen molar-refractivity contribution in [1.82, 2.24) is 0 Å². The molecule has 0 saturated heterocycles. The summed E-state index contributed by atoms with van der Waals surface area (Å²) in [6, 6.07) is 3.41. The molecule has 0 saturated carbocycles. The summed E-state index contributed by atoms with van der Waals surface area (Å²) in [5.41, 5.74) is -6.27. The zero-order chi connectivity index (χ0) is 19.7. The fourth-order valence-corrected chi connectivity index (χ4v) is 2.92. The standard InChI is InChI=1S/C14H11F6NO3S/c1-25(23,24)8-12(22,14(18,19)20)5-4-9-2-3-10(7-21)11(6-9)13(15,16)17/h2-6,22H,8H2,1H3/b5-4+. The highest BCUT2D eigenvalue weighted by atomic mass is 32.2. The molecule has 0 radical (unpaired) electrons. The van der Waals surface area contributed by atoms with Gasteiger partial charge >= 0.3 is 12.4 Å². The summed E-state index contributed by atoms with van der Waals surface area (Å²) < 4.78 is 99.5. The SMILES string of the molecule is CS(=O)(=O)CC(O)(/C=C/c1ccc(C#N)c(C(F)(F)F)c1)C(F)(F)F. The summed E-state index contributed by atoms with van der Waals surface area (Å²) in [5, 5.41) is 18.3. The van der Waals surface area contributed by atoms with Crippen molar-refractivity contribution >= 4 is 15.9 Å². The number of sulfone groups is 1. The molecule has 0 fully saturated rings. The third-order valence-corrected chi connectivity index (χ3v) is 3.96. The molecule has 0 bridgehead atoms. The number of alkyl halides is 6. The molecule has 1 N–H and O–H groups in total. The summed E-state index contributed by atoms with van der Waals surface area (Å²) in [4.78, 5) is 0. The monoisotopic (exact) mass is 387 g/mol. The minimum absolute atomic E-state index is 0.0651. The number of nitriles is 1. The van der Waals surface area contributed by atoms with Gasteiger partial charge in [-0.25, -0.2) is 8.42 Å². The average molecular weight is 387 g/mol. The van der Waals surface area contributed by atoms with Gasteiger partial charge in [0.1, 0.15) is 0 Å². The van der Waals surface area contributed by atoms with Gasteiger partial charge in [-0.15, -0.1) is 0 Å². The minimum atomic E-state index is -5.37. The molecule has 11 heteroatoms. The highest BCUT2D eigenvalue weighted by Gasteiger charge is 2.53. The van der Waals surface area contributed by atoms with E-state index >= 15 is 0 Å². The molecule has 1 unspecified atom stereocenters. The Kier molecular flexibility index (Phi) is 5.61. The molecule has 1 aromatic carbocycles. The van der Waals surface area contributed by atoms with Gasteiger partial charge in [0.25, 0.3) is 0 Å². The van der Waals surface area contributed by atoms with E-state index in [9.17, 15) is 39.9 Å². The number of halogens is 6. The van der Waals surface area contributed by atoms with Crippen LogP contribution in [0.5, 0.6) is 0 Å². The molecule has 1 atom stereocenters. The van der Waals surface area contributed by atoms with Crippen LogP contribution in [0.4, 0.5) is 26.3 Å². The van der Waals surface area contributed by atoms with Crippen molar-refractivity contribution in [3.63, 3.8) is 0 Å². The molecule has 0 aliphatic rings. The van der Waals surface area contributed by atoms with Crippen LogP contribution in [0.2, 0.25) is 0 Å². The normalized spacial score (nSPS) is 15.8. The Labute approximate surface area is 138 Å². The summed E-state index contributed by atoms with van der Waals surface area (Å²) >= 11 is 0. The highest BCUT2D eigenvalue weighted by Crippen LogP contribution is 2.35. The Morgan fingerprint density at radius 1 is 1.20 bits per heavy atom. The predicted molar refractivity (Wildman–Crippen MR) is 75.9 cm³/mol. The molecule has 0 aromatic heterocycles. The van der Waals surface area contributed by atoms with Gasteiger partial charge < -0.3 is 5.11 Å². The maximum absolute atomic E-state index is 12.9. The molecule has 0 spiro atoms. The number of hydrogen-bond acceptors (Lipinski definition) is 4. The van der Waals surface area contributed by atoms with Gasteiger partial charge in [0.15, 0.2) is 15.4 Å². The molecule has 1 rings (SSSR count). The molecule has 0 amide bonds. The lowest BCUT2D eigenvalue weighted by Gasteiger charge is -2.26. The van der Waals surface area contributed by atoms with Gasteiger partial charge in [-0.3, -0.25) is 0 Å². The van der Waals surface area contributed by atoms with E-state index in [4.69, 9.17) is 5.26 Å². The van der Waals surface area contributed by atoms with Crippen LogP contribution >= 0.6 is 0 Å². The Morgan fingerprint density at radius 3 is 2.16 bits per heavy atom. The summed E-state index contributed by atoms with van der Waals surface area (Å²) in [6.45, 7) is 0.